The number of benzene rings is 3. The van der Waals surface area contributed by atoms with Crippen molar-refractivity contribution in [2.45, 2.75) is 90.3 Å². The third-order valence-corrected chi connectivity index (χ3v) is 14.8. The molecular formula is C49H48F2N10O5. The molecule has 0 radical (unpaired) electrons. The summed E-state index contributed by atoms with van der Waals surface area (Å²) in [5.74, 6) is -0.247. The molecule has 5 aromatic heterocycles. The van der Waals surface area contributed by atoms with Gasteiger partial charge in [0.2, 0.25) is 0 Å². The summed E-state index contributed by atoms with van der Waals surface area (Å²) >= 11 is 0. The number of imidazole rings is 1. The van der Waals surface area contributed by atoms with Crippen molar-refractivity contribution in [3.8, 4) is 17.2 Å². The Morgan fingerprint density at radius 3 is 2.38 bits per heavy atom. The van der Waals surface area contributed by atoms with Gasteiger partial charge in [-0.3, -0.25) is 28.1 Å². The molecular weight excluding hydrogens is 847 g/mol. The van der Waals surface area contributed by atoms with Crippen molar-refractivity contribution in [1.29, 1.82) is 0 Å². The first-order valence-corrected chi connectivity index (χ1v) is 22.9. The molecule has 2 aliphatic heterocycles. The van der Waals surface area contributed by atoms with Gasteiger partial charge in [-0.05, 0) is 130 Å². The quantitative estimate of drug-likeness (QED) is 0.156. The van der Waals surface area contributed by atoms with E-state index in [1.54, 1.807) is 53.9 Å². The molecule has 2 saturated carbocycles. The molecule has 1 N–H and O–H groups in total. The van der Waals surface area contributed by atoms with E-state index in [1.807, 2.05) is 22.2 Å². The second-order valence-electron chi connectivity index (χ2n) is 18.9. The van der Waals surface area contributed by atoms with E-state index < -0.39 is 28.8 Å². The van der Waals surface area contributed by atoms with Gasteiger partial charge in [0.1, 0.15) is 22.9 Å². The Labute approximate surface area is 376 Å². The molecule has 8 aromatic rings. The number of carbonyl (C=O) groups is 1. The van der Waals surface area contributed by atoms with Crippen LogP contribution in [0.3, 0.4) is 0 Å². The summed E-state index contributed by atoms with van der Waals surface area (Å²) in [5.41, 5.74) is 4.40. The van der Waals surface area contributed by atoms with Crippen molar-refractivity contribution in [3.05, 3.63) is 139 Å². The molecule has 12 rings (SSSR count). The molecule has 17 heteroatoms. The summed E-state index contributed by atoms with van der Waals surface area (Å²) < 4.78 is 50.5. The standard InChI is InChI=1S/C49H48F2N10O5/c1-26-19-34(20-27(2)42(26)50)61-44(58-16-15-57(48(58)64)39-10-9-38-35(43(39)51)24-52-59(38)25-30-5-6-30)41-29(4)56(14-11-36(41)54-61)45(62)40-22-33-21-32(31-12-17-65-18-13-31)7-8-37(33)60(40)49(23-28(49)3)46-53-47(63)66-55-46/h7-10,15-16,19-22,24,28-31H,5-6,11-14,17-18,23,25H2,1-4H3,(H,53,55,63)/t28-,29-,49-/m0/s1. The summed E-state index contributed by atoms with van der Waals surface area (Å²) in [4.78, 5) is 47.3. The zero-order chi connectivity index (χ0) is 45.3. The van der Waals surface area contributed by atoms with E-state index in [4.69, 9.17) is 14.4 Å². The number of ether oxygens (including phenoxy) is 1. The topological polar surface area (TPSA) is 156 Å². The highest BCUT2D eigenvalue weighted by atomic mass is 19.1. The first-order valence-electron chi connectivity index (χ1n) is 22.9. The van der Waals surface area contributed by atoms with Crippen molar-refractivity contribution in [1.82, 2.24) is 48.3 Å². The van der Waals surface area contributed by atoms with Crippen LogP contribution in [-0.4, -0.2) is 74.0 Å². The number of amides is 1. The van der Waals surface area contributed by atoms with Gasteiger partial charge in [0, 0.05) is 61.6 Å². The number of rotatable bonds is 9. The van der Waals surface area contributed by atoms with Crippen LogP contribution in [0.5, 0.6) is 0 Å². The molecule has 3 aromatic carbocycles. The summed E-state index contributed by atoms with van der Waals surface area (Å²) in [6.07, 6.45) is 9.65. The summed E-state index contributed by atoms with van der Waals surface area (Å²) in [6, 6.07) is 14.4. The fourth-order valence-corrected chi connectivity index (χ4v) is 10.9. The zero-order valence-corrected chi connectivity index (χ0v) is 37.1. The molecule has 338 valence electrons. The van der Waals surface area contributed by atoms with Crippen LogP contribution in [0.4, 0.5) is 8.78 Å². The molecule has 0 unspecified atom stereocenters. The van der Waals surface area contributed by atoms with Gasteiger partial charge in [-0.15, -0.1) is 0 Å². The highest BCUT2D eigenvalue weighted by molar-refractivity contribution is 6.00. The Kier molecular flexibility index (Phi) is 9.12. The Morgan fingerprint density at radius 2 is 1.67 bits per heavy atom. The van der Waals surface area contributed by atoms with Gasteiger partial charge in [-0.25, -0.2) is 23.1 Å². The normalized spacial score (nSPS) is 21.0. The molecule has 0 bridgehead atoms. The average molecular weight is 895 g/mol. The molecule has 3 fully saturated rings. The van der Waals surface area contributed by atoms with E-state index in [0.29, 0.717) is 101 Å². The number of halogens is 2. The fraction of sp³-hybridized carbons (Fsp3) is 0.388. The number of aromatic amines is 1. The first kappa shape index (κ1) is 40.6. The highest BCUT2D eigenvalue weighted by Gasteiger charge is 2.59. The minimum absolute atomic E-state index is 0.00814. The molecule has 2 aliphatic carbocycles. The summed E-state index contributed by atoms with van der Waals surface area (Å²) in [7, 11) is 0. The number of hydrogen-bond acceptors (Lipinski definition) is 8. The largest absolute Gasteiger partial charge is 0.438 e. The third-order valence-electron chi connectivity index (χ3n) is 14.8. The Balaban J connectivity index is 0.989. The van der Waals surface area contributed by atoms with Crippen molar-refractivity contribution < 1.29 is 22.8 Å². The average Bonchev–Trinajstić information content (AvgIpc) is 3.81. The number of aryl methyl sites for hydroxylation is 2. The maximum absolute atomic E-state index is 16.5. The van der Waals surface area contributed by atoms with Gasteiger partial charge in [-0.2, -0.15) is 10.2 Å². The van der Waals surface area contributed by atoms with Gasteiger partial charge in [0.25, 0.3) is 5.91 Å². The molecule has 0 spiro atoms. The van der Waals surface area contributed by atoms with Gasteiger partial charge in [-0.1, -0.05) is 18.1 Å². The minimum Gasteiger partial charge on any atom is -0.381 e. The lowest BCUT2D eigenvalue weighted by atomic mass is 9.91. The van der Waals surface area contributed by atoms with Gasteiger partial charge >= 0.3 is 11.4 Å². The van der Waals surface area contributed by atoms with Crippen LogP contribution in [0, 0.1) is 37.3 Å². The van der Waals surface area contributed by atoms with Crippen LogP contribution in [0.15, 0.2) is 81.2 Å². The maximum Gasteiger partial charge on any atom is 0.438 e. The van der Waals surface area contributed by atoms with E-state index >= 15 is 13.6 Å². The molecule has 1 amide bonds. The first-order chi connectivity index (χ1) is 31.9. The van der Waals surface area contributed by atoms with Gasteiger partial charge < -0.3 is 14.2 Å². The van der Waals surface area contributed by atoms with Crippen LogP contribution in [-0.2, 0) is 23.2 Å². The molecule has 4 aliphatic rings. The van der Waals surface area contributed by atoms with Crippen molar-refractivity contribution in [2.75, 3.05) is 19.8 Å². The van der Waals surface area contributed by atoms with E-state index in [2.05, 4.69) is 40.4 Å². The lowest BCUT2D eigenvalue weighted by Crippen LogP contribution is -2.41. The monoisotopic (exact) mass is 894 g/mol. The predicted octanol–water partition coefficient (Wildman–Crippen LogP) is 7.54. The molecule has 15 nitrogen and oxygen atoms in total. The third kappa shape index (κ3) is 6.14. The molecule has 1 saturated heterocycles. The predicted molar refractivity (Wildman–Crippen MR) is 240 cm³/mol. The lowest BCUT2D eigenvalue weighted by Gasteiger charge is -2.34. The number of H-pyrrole nitrogens is 1. The van der Waals surface area contributed by atoms with Gasteiger partial charge in [0.15, 0.2) is 11.6 Å². The van der Waals surface area contributed by atoms with Crippen LogP contribution in [0.2, 0.25) is 0 Å². The van der Waals surface area contributed by atoms with E-state index in [1.165, 1.54) is 27.1 Å². The fourth-order valence-electron chi connectivity index (χ4n) is 10.9. The summed E-state index contributed by atoms with van der Waals surface area (Å²) in [5, 5.41) is 14.9. The van der Waals surface area contributed by atoms with Crippen LogP contribution >= 0.6 is 0 Å². The Bertz CT molecular complexity index is 3390. The van der Waals surface area contributed by atoms with Crippen LogP contribution < -0.4 is 11.4 Å². The van der Waals surface area contributed by atoms with Crippen LogP contribution in [0.25, 0.3) is 39.0 Å². The molecule has 3 atom stereocenters. The number of aromatic nitrogens is 9. The summed E-state index contributed by atoms with van der Waals surface area (Å²) in [6.45, 7) is 9.75. The maximum atomic E-state index is 16.5. The number of carbonyl (C=O) groups excluding carboxylic acids is 1. The number of hydrogen-bond donors (Lipinski definition) is 1. The molecule has 66 heavy (non-hydrogen) atoms. The number of nitrogens with zero attached hydrogens (tertiary/aromatic N) is 9. The smallest absolute Gasteiger partial charge is 0.381 e. The van der Waals surface area contributed by atoms with E-state index in [9.17, 15) is 9.59 Å². The Morgan fingerprint density at radius 1 is 0.924 bits per heavy atom. The molecule has 7 heterocycles. The highest BCUT2D eigenvalue weighted by Crippen LogP contribution is 2.56. The van der Waals surface area contributed by atoms with E-state index in [-0.39, 0.29) is 23.3 Å². The van der Waals surface area contributed by atoms with Gasteiger partial charge in [0.05, 0.1) is 40.2 Å². The lowest BCUT2D eigenvalue weighted by molar-refractivity contribution is 0.0663. The number of nitrogens with one attached hydrogen (secondary N) is 1. The second kappa shape index (κ2) is 14.8. The van der Waals surface area contributed by atoms with Crippen molar-refractivity contribution in [3.63, 3.8) is 0 Å². The van der Waals surface area contributed by atoms with E-state index in [0.717, 1.165) is 43.1 Å². The minimum atomic E-state index is -0.845. The SMILES string of the molecule is Cc1cc(-n2nc3c(c2-n2ccn(-c4ccc5c(cnn5CC5CC5)c4F)c2=O)[C@H](C)N(C(=O)c2cc4cc(C5CCOCC5)ccc4n2[C@@]2(c4noc(=O)[nH]4)C[C@@H]2C)CC3)cc(C)c1F. The van der Waals surface area contributed by atoms with Crippen LogP contribution in [0.1, 0.15) is 102 Å². The van der Waals surface area contributed by atoms with Crippen molar-refractivity contribution >= 4 is 27.7 Å². The second-order valence-corrected chi connectivity index (χ2v) is 18.9. The number of fused-ring (bicyclic) bond motifs is 3. The Hall–Kier alpha value is -6.88. The zero-order valence-electron chi connectivity index (χ0n) is 37.1. The van der Waals surface area contributed by atoms with Crippen molar-refractivity contribution in [2.24, 2.45) is 11.8 Å².